The van der Waals surface area contributed by atoms with Gasteiger partial charge in [0.05, 0.1) is 24.3 Å². The zero-order chi connectivity index (χ0) is 31.1. The Kier molecular flexibility index (Phi) is 10.5. The number of carboxylic acid groups (broad SMARTS) is 2. The number of carboxylic acids is 2. The molecular formula is C26H23ClF6N4O5. The molecule has 1 spiro atoms. The van der Waals surface area contributed by atoms with Crippen molar-refractivity contribution in [2.24, 2.45) is 0 Å². The SMILES string of the molecule is Clc1cccc(CN2CCC3(COCc4cnc(-c5cccnc5)nc43)C2)c1.O=C(O)C(F)(F)F.O=C(O)C(F)(F)F. The van der Waals surface area contributed by atoms with Crippen molar-refractivity contribution in [2.45, 2.75) is 37.3 Å². The number of likely N-dealkylation sites (tertiary alicyclic amines) is 1. The summed E-state index contributed by atoms with van der Waals surface area (Å²) in [6, 6.07) is 12.0. The Labute approximate surface area is 239 Å². The number of pyridine rings is 1. The molecule has 16 heteroatoms. The lowest BCUT2D eigenvalue weighted by Gasteiger charge is -2.34. The zero-order valence-electron chi connectivity index (χ0n) is 21.5. The molecule has 3 aromatic rings. The van der Waals surface area contributed by atoms with Crippen molar-refractivity contribution in [3.05, 3.63) is 76.8 Å². The van der Waals surface area contributed by atoms with Crippen molar-refractivity contribution >= 4 is 23.5 Å². The van der Waals surface area contributed by atoms with Crippen LogP contribution >= 0.6 is 11.6 Å². The van der Waals surface area contributed by atoms with E-state index in [9.17, 15) is 26.3 Å². The third-order valence-corrected chi connectivity index (χ3v) is 6.37. The average molecular weight is 621 g/mol. The van der Waals surface area contributed by atoms with E-state index in [0.717, 1.165) is 53.7 Å². The van der Waals surface area contributed by atoms with Gasteiger partial charge in [0.25, 0.3) is 0 Å². The molecule has 2 aromatic heterocycles. The van der Waals surface area contributed by atoms with Crippen LogP contribution in [0.25, 0.3) is 11.4 Å². The van der Waals surface area contributed by atoms with E-state index in [1.54, 1.807) is 6.20 Å². The van der Waals surface area contributed by atoms with E-state index in [4.69, 9.17) is 41.1 Å². The number of hydrogen-bond acceptors (Lipinski definition) is 7. The molecule has 2 N–H and O–H groups in total. The molecule has 5 rings (SSSR count). The third-order valence-electron chi connectivity index (χ3n) is 6.14. The van der Waals surface area contributed by atoms with Gasteiger partial charge < -0.3 is 14.9 Å². The highest BCUT2D eigenvalue weighted by molar-refractivity contribution is 6.30. The summed E-state index contributed by atoms with van der Waals surface area (Å²) in [6.45, 7) is 4.12. The van der Waals surface area contributed by atoms with E-state index >= 15 is 0 Å². The summed E-state index contributed by atoms with van der Waals surface area (Å²) in [5.74, 6) is -4.78. The Morgan fingerprint density at radius 3 is 2.26 bits per heavy atom. The minimum absolute atomic E-state index is 0.0773. The van der Waals surface area contributed by atoms with Gasteiger partial charge in [-0.15, -0.1) is 0 Å². The summed E-state index contributed by atoms with van der Waals surface area (Å²) in [4.78, 5) is 34.0. The minimum atomic E-state index is -5.08. The Balaban J connectivity index is 0.000000289. The molecule has 2 aliphatic rings. The van der Waals surface area contributed by atoms with E-state index in [-0.39, 0.29) is 5.41 Å². The maximum Gasteiger partial charge on any atom is 0.490 e. The van der Waals surface area contributed by atoms with Crippen LogP contribution in [-0.4, -0.2) is 74.1 Å². The third kappa shape index (κ3) is 8.84. The van der Waals surface area contributed by atoms with Crippen LogP contribution in [0.3, 0.4) is 0 Å². The van der Waals surface area contributed by atoms with Crippen LogP contribution in [0, 0.1) is 0 Å². The lowest BCUT2D eigenvalue weighted by molar-refractivity contribution is -0.193. The number of halogens is 7. The summed E-state index contributed by atoms with van der Waals surface area (Å²) in [5, 5.41) is 15.0. The van der Waals surface area contributed by atoms with Crippen molar-refractivity contribution in [1.82, 2.24) is 19.9 Å². The molecule has 0 saturated carbocycles. The Bertz CT molecular complexity index is 1370. The van der Waals surface area contributed by atoms with E-state index in [1.165, 1.54) is 5.56 Å². The first-order valence-electron chi connectivity index (χ1n) is 12.0. The molecule has 1 fully saturated rings. The molecule has 0 radical (unpaired) electrons. The van der Waals surface area contributed by atoms with E-state index < -0.39 is 24.3 Å². The number of aromatic nitrogens is 3. The van der Waals surface area contributed by atoms with Gasteiger partial charge in [-0.05, 0) is 42.8 Å². The highest BCUT2D eigenvalue weighted by Gasteiger charge is 2.45. The van der Waals surface area contributed by atoms with Gasteiger partial charge in [-0.1, -0.05) is 23.7 Å². The maximum absolute atomic E-state index is 10.6. The quantitative estimate of drug-likeness (QED) is 0.383. The number of alkyl halides is 6. The number of benzene rings is 1. The second-order valence-electron chi connectivity index (χ2n) is 9.28. The molecular weight excluding hydrogens is 598 g/mol. The van der Waals surface area contributed by atoms with Crippen LogP contribution in [0.1, 0.15) is 23.2 Å². The van der Waals surface area contributed by atoms with Gasteiger partial charge >= 0.3 is 24.3 Å². The maximum atomic E-state index is 10.6. The Hall–Kier alpha value is -3.82. The fourth-order valence-corrected chi connectivity index (χ4v) is 4.54. The lowest BCUT2D eigenvalue weighted by Crippen LogP contribution is -2.40. The molecule has 0 aliphatic carbocycles. The minimum Gasteiger partial charge on any atom is -0.475 e. The fraction of sp³-hybridized carbons (Fsp3) is 0.346. The number of hydrogen-bond donors (Lipinski definition) is 2. The highest BCUT2D eigenvalue weighted by atomic mass is 35.5. The average Bonchev–Trinajstić information content (AvgIpc) is 3.31. The van der Waals surface area contributed by atoms with Crippen LogP contribution in [-0.2, 0) is 32.9 Å². The van der Waals surface area contributed by atoms with Crippen LogP contribution in [0.5, 0.6) is 0 Å². The number of fused-ring (bicyclic) bond motifs is 2. The van der Waals surface area contributed by atoms with Crippen LogP contribution in [0.2, 0.25) is 5.02 Å². The molecule has 1 unspecified atom stereocenters. The monoisotopic (exact) mass is 620 g/mol. The summed E-state index contributed by atoms with van der Waals surface area (Å²) in [6.07, 6.45) is -3.63. The summed E-state index contributed by atoms with van der Waals surface area (Å²) >= 11 is 6.15. The number of rotatable bonds is 3. The van der Waals surface area contributed by atoms with Crippen LogP contribution in [0.15, 0.2) is 55.0 Å². The smallest absolute Gasteiger partial charge is 0.475 e. The fourth-order valence-electron chi connectivity index (χ4n) is 4.33. The van der Waals surface area contributed by atoms with Gasteiger partial charge in [0.1, 0.15) is 0 Å². The first kappa shape index (κ1) is 32.7. The molecule has 0 amide bonds. The second-order valence-corrected chi connectivity index (χ2v) is 9.72. The molecule has 42 heavy (non-hydrogen) atoms. The number of ether oxygens (including phenoxy) is 1. The van der Waals surface area contributed by atoms with Crippen molar-refractivity contribution in [3.63, 3.8) is 0 Å². The summed E-state index contributed by atoms with van der Waals surface area (Å²) in [7, 11) is 0. The molecule has 1 atom stereocenters. The predicted octanol–water partition coefficient (Wildman–Crippen LogP) is 5.13. The standard InChI is InChI=1S/C22H21ClN4O.2C2HF3O2/c23-19-5-1-3-16(9-19)12-27-8-6-22(14-27)15-28-13-18-11-25-21(26-20(18)22)17-4-2-7-24-10-17;2*3-2(4,5)1(6)7/h1-5,7,9-11H,6,8,12-15H2;2*(H,6,7). The largest absolute Gasteiger partial charge is 0.490 e. The molecule has 0 bridgehead atoms. The van der Waals surface area contributed by atoms with Gasteiger partial charge in [0.15, 0.2) is 5.82 Å². The molecule has 4 heterocycles. The van der Waals surface area contributed by atoms with Crippen LogP contribution < -0.4 is 0 Å². The zero-order valence-corrected chi connectivity index (χ0v) is 22.2. The second kappa shape index (κ2) is 13.4. The predicted molar refractivity (Wildman–Crippen MR) is 135 cm³/mol. The van der Waals surface area contributed by atoms with Gasteiger partial charge in [0.2, 0.25) is 0 Å². The van der Waals surface area contributed by atoms with Crippen molar-refractivity contribution in [2.75, 3.05) is 19.7 Å². The number of nitrogens with zero attached hydrogens (tertiary/aromatic N) is 4. The Morgan fingerprint density at radius 2 is 1.69 bits per heavy atom. The molecule has 9 nitrogen and oxygen atoms in total. The number of carbonyl (C=O) groups is 2. The highest BCUT2D eigenvalue weighted by Crippen LogP contribution is 2.40. The van der Waals surface area contributed by atoms with E-state index in [2.05, 4.69) is 20.9 Å². The summed E-state index contributed by atoms with van der Waals surface area (Å²) < 4.78 is 69.4. The molecule has 2 aliphatic heterocycles. The van der Waals surface area contributed by atoms with Gasteiger partial charge in [-0.3, -0.25) is 9.88 Å². The Morgan fingerprint density at radius 1 is 1.02 bits per heavy atom. The van der Waals surface area contributed by atoms with Crippen LogP contribution in [0.4, 0.5) is 26.3 Å². The van der Waals surface area contributed by atoms with Crippen molar-refractivity contribution < 1.29 is 50.9 Å². The molecule has 226 valence electrons. The molecule has 1 saturated heterocycles. The van der Waals surface area contributed by atoms with Gasteiger partial charge in [-0.2, -0.15) is 26.3 Å². The van der Waals surface area contributed by atoms with Gasteiger partial charge in [-0.25, -0.2) is 19.6 Å². The lowest BCUT2D eigenvalue weighted by atomic mass is 9.80. The van der Waals surface area contributed by atoms with Crippen molar-refractivity contribution in [3.8, 4) is 11.4 Å². The first-order valence-corrected chi connectivity index (χ1v) is 12.4. The van der Waals surface area contributed by atoms with E-state index in [0.29, 0.717) is 13.2 Å². The van der Waals surface area contributed by atoms with Gasteiger partial charge in [0, 0.05) is 47.8 Å². The topological polar surface area (TPSA) is 126 Å². The summed E-state index contributed by atoms with van der Waals surface area (Å²) in [5.41, 5.74) is 4.34. The first-order chi connectivity index (χ1) is 19.6. The van der Waals surface area contributed by atoms with E-state index in [1.807, 2.05) is 42.7 Å². The normalized spacial score (nSPS) is 18.3. The number of aliphatic carboxylic acids is 2. The molecule has 1 aromatic carbocycles. The van der Waals surface area contributed by atoms with Crippen molar-refractivity contribution in [1.29, 1.82) is 0 Å².